The van der Waals surface area contributed by atoms with Crippen LogP contribution in [-0.4, -0.2) is 32.9 Å². The second-order valence-electron chi connectivity index (χ2n) is 10.4. The lowest BCUT2D eigenvalue weighted by atomic mass is 9.87. The first-order valence-electron chi connectivity index (χ1n) is 12.6. The molecule has 1 fully saturated rings. The van der Waals surface area contributed by atoms with E-state index in [1.807, 2.05) is 13.1 Å². The minimum Gasteiger partial charge on any atom is -0.354 e. The minimum atomic E-state index is 0.442. The van der Waals surface area contributed by atoms with Crippen molar-refractivity contribution >= 4 is 10.9 Å². The fraction of sp³-hybridized carbons (Fsp3) is 0.400. The number of hydrogen-bond donors (Lipinski definition) is 1. The van der Waals surface area contributed by atoms with Gasteiger partial charge in [0.15, 0.2) is 0 Å². The summed E-state index contributed by atoms with van der Waals surface area (Å²) in [6, 6.07) is 15.8. The molecule has 1 aliphatic heterocycles. The molecule has 1 saturated heterocycles. The lowest BCUT2D eigenvalue weighted by molar-refractivity contribution is 0.204. The number of likely N-dealkylation sites (tertiary alicyclic amines) is 1. The number of nitrogens with one attached hydrogen (secondary N) is 1. The summed E-state index contributed by atoms with van der Waals surface area (Å²) in [7, 11) is 0. The van der Waals surface area contributed by atoms with E-state index in [-0.39, 0.29) is 0 Å². The maximum absolute atomic E-state index is 4.58. The largest absolute Gasteiger partial charge is 0.354 e. The Morgan fingerprint density at radius 2 is 1.68 bits per heavy atom. The third-order valence-corrected chi connectivity index (χ3v) is 7.25. The zero-order valence-corrected chi connectivity index (χ0v) is 21.2. The van der Waals surface area contributed by atoms with E-state index in [9.17, 15) is 0 Å². The molecule has 0 aliphatic carbocycles. The Morgan fingerprint density at radius 1 is 0.941 bits per heavy atom. The number of pyridine rings is 2. The van der Waals surface area contributed by atoms with Crippen molar-refractivity contribution < 1.29 is 0 Å². The summed E-state index contributed by atoms with van der Waals surface area (Å²) < 4.78 is 0. The van der Waals surface area contributed by atoms with Gasteiger partial charge in [-0.3, -0.25) is 14.9 Å². The lowest BCUT2D eigenvalue weighted by Gasteiger charge is -2.32. The summed E-state index contributed by atoms with van der Waals surface area (Å²) in [5.74, 6) is 1.07. The van der Waals surface area contributed by atoms with Crippen molar-refractivity contribution in [2.24, 2.45) is 0 Å². The van der Waals surface area contributed by atoms with Gasteiger partial charge in [0.25, 0.3) is 0 Å². The number of rotatable bonds is 5. The van der Waals surface area contributed by atoms with Gasteiger partial charge in [-0.2, -0.15) is 0 Å². The van der Waals surface area contributed by atoms with E-state index in [0.29, 0.717) is 11.8 Å². The van der Waals surface area contributed by atoms with Crippen LogP contribution in [0.15, 0.2) is 48.7 Å². The Hall–Kier alpha value is -2.98. The molecule has 1 aromatic carbocycles. The van der Waals surface area contributed by atoms with Crippen molar-refractivity contribution in [1.29, 1.82) is 0 Å². The molecule has 0 radical (unpaired) electrons. The molecule has 0 spiro atoms. The summed E-state index contributed by atoms with van der Waals surface area (Å²) in [6.07, 6.45) is 4.45. The predicted octanol–water partition coefficient (Wildman–Crippen LogP) is 7.05. The molecule has 1 N–H and O–H groups in total. The van der Waals surface area contributed by atoms with Crippen LogP contribution in [0.5, 0.6) is 0 Å². The number of piperidine rings is 1. The highest BCUT2D eigenvalue weighted by atomic mass is 15.1. The number of aryl methyl sites for hydroxylation is 3. The van der Waals surface area contributed by atoms with Gasteiger partial charge in [0, 0.05) is 46.3 Å². The zero-order valence-electron chi connectivity index (χ0n) is 21.2. The number of nitrogens with zero attached hydrogens (tertiary/aromatic N) is 3. The van der Waals surface area contributed by atoms with E-state index in [1.54, 1.807) is 0 Å². The van der Waals surface area contributed by atoms with Crippen LogP contribution in [0.25, 0.3) is 22.2 Å². The Bertz CT molecular complexity index is 1270. The third-order valence-electron chi connectivity index (χ3n) is 7.25. The molecule has 0 saturated carbocycles. The van der Waals surface area contributed by atoms with Crippen molar-refractivity contribution in [3.63, 3.8) is 0 Å². The van der Waals surface area contributed by atoms with Crippen LogP contribution < -0.4 is 0 Å². The maximum atomic E-state index is 4.58. The summed E-state index contributed by atoms with van der Waals surface area (Å²) in [6.45, 7) is 14.1. The van der Waals surface area contributed by atoms with Crippen molar-refractivity contribution in [3.05, 3.63) is 82.4 Å². The average molecular weight is 453 g/mol. The predicted molar refractivity (Wildman–Crippen MR) is 141 cm³/mol. The highest BCUT2D eigenvalue weighted by molar-refractivity contribution is 5.92. The average Bonchev–Trinajstić information content (AvgIpc) is 3.20. The molecule has 34 heavy (non-hydrogen) atoms. The van der Waals surface area contributed by atoms with Crippen LogP contribution in [0.4, 0.5) is 0 Å². The van der Waals surface area contributed by atoms with Crippen LogP contribution in [0, 0.1) is 20.8 Å². The van der Waals surface area contributed by atoms with E-state index in [4.69, 9.17) is 0 Å². The van der Waals surface area contributed by atoms with Crippen LogP contribution in [-0.2, 0) is 6.54 Å². The number of hydrogen-bond acceptors (Lipinski definition) is 3. The Kier molecular flexibility index (Phi) is 6.26. The van der Waals surface area contributed by atoms with Crippen LogP contribution in [0.3, 0.4) is 0 Å². The molecule has 3 aromatic heterocycles. The van der Waals surface area contributed by atoms with Crippen molar-refractivity contribution in [1.82, 2.24) is 19.9 Å². The Morgan fingerprint density at radius 3 is 2.32 bits per heavy atom. The highest BCUT2D eigenvalue weighted by Gasteiger charge is 2.23. The van der Waals surface area contributed by atoms with Gasteiger partial charge in [0.2, 0.25) is 0 Å². The maximum Gasteiger partial charge on any atom is 0.0501 e. The van der Waals surface area contributed by atoms with Crippen LogP contribution in [0.2, 0.25) is 0 Å². The van der Waals surface area contributed by atoms with Gasteiger partial charge in [-0.1, -0.05) is 26.0 Å². The van der Waals surface area contributed by atoms with Crippen LogP contribution >= 0.6 is 0 Å². The van der Waals surface area contributed by atoms with Crippen molar-refractivity contribution in [2.75, 3.05) is 13.1 Å². The second-order valence-corrected chi connectivity index (χ2v) is 10.4. The quantitative estimate of drug-likeness (QED) is 0.353. The van der Waals surface area contributed by atoms with E-state index >= 15 is 0 Å². The molecule has 0 amide bonds. The normalized spacial score (nSPS) is 15.5. The Balaban J connectivity index is 1.39. The summed E-state index contributed by atoms with van der Waals surface area (Å²) in [5.41, 5.74) is 11.2. The molecule has 1 aliphatic rings. The summed E-state index contributed by atoms with van der Waals surface area (Å²) >= 11 is 0. The standard InChI is InChI=1S/C30H36N4/c1-19(2)29-27-16-25(8-9-28(27)33-30(29)26-14-21(4)32-22(5)15-26)24-10-12-34(13-11-24)18-23-7-6-20(3)31-17-23/h6-9,14-17,19,24,33H,10-13,18H2,1-5H3. The number of aromatic nitrogens is 3. The molecular formula is C30H36N4. The van der Waals surface area contributed by atoms with Gasteiger partial charge >= 0.3 is 0 Å². The van der Waals surface area contributed by atoms with Gasteiger partial charge < -0.3 is 4.98 Å². The van der Waals surface area contributed by atoms with E-state index in [1.165, 1.54) is 51.7 Å². The van der Waals surface area contributed by atoms with Crippen molar-refractivity contribution in [2.45, 2.75) is 65.8 Å². The van der Waals surface area contributed by atoms with E-state index in [0.717, 1.165) is 36.7 Å². The number of aromatic amines is 1. The summed E-state index contributed by atoms with van der Waals surface area (Å²) in [4.78, 5) is 15.4. The fourth-order valence-electron chi connectivity index (χ4n) is 5.57. The molecule has 4 nitrogen and oxygen atoms in total. The molecule has 0 bridgehead atoms. The van der Waals surface area contributed by atoms with Crippen molar-refractivity contribution in [3.8, 4) is 11.3 Å². The first kappa shape index (κ1) is 22.8. The van der Waals surface area contributed by atoms with Gasteiger partial charge in [0.05, 0.1) is 5.69 Å². The molecular weight excluding hydrogens is 416 g/mol. The topological polar surface area (TPSA) is 44.8 Å². The zero-order chi connectivity index (χ0) is 23.8. The smallest absolute Gasteiger partial charge is 0.0501 e. The van der Waals surface area contributed by atoms with Gasteiger partial charge in [-0.25, -0.2) is 0 Å². The fourth-order valence-corrected chi connectivity index (χ4v) is 5.57. The third kappa shape index (κ3) is 4.65. The minimum absolute atomic E-state index is 0.442. The first-order valence-corrected chi connectivity index (χ1v) is 12.6. The molecule has 5 rings (SSSR count). The monoisotopic (exact) mass is 452 g/mol. The van der Waals surface area contributed by atoms with Gasteiger partial charge in [0.1, 0.15) is 0 Å². The molecule has 4 aromatic rings. The highest BCUT2D eigenvalue weighted by Crippen LogP contribution is 2.38. The van der Waals surface area contributed by atoms with E-state index < -0.39 is 0 Å². The SMILES string of the molecule is Cc1ccc(CN2CCC(c3ccc4[nH]c(-c5cc(C)nc(C)c5)c(C(C)C)c4c3)CC2)cn1. The lowest BCUT2D eigenvalue weighted by Crippen LogP contribution is -2.32. The Labute approximate surface area is 203 Å². The molecule has 0 atom stereocenters. The van der Waals surface area contributed by atoms with Gasteiger partial charge in [-0.15, -0.1) is 0 Å². The molecule has 0 unspecified atom stereocenters. The second kappa shape index (κ2) is 9.34. The van der Waals surface area contributed by atoms with Crippen LogP contribution in [0.1, 0.15) is 72.3 Å². The number of fused-ring (bicyclic) bond motifs is 1. The molecule has 176 valence electrons. The molecule has 4 heteroatoms. The number of benzene rings is 1. The first-order chi connectivity index (χ1) is 16.4. The number of H-pyrrole nitrogens is 1. The van der Waals surface area contributed by atoms with Gasteiger partial charge in [-0.05, 0) is 106 Å². The summed E-state index contributed by atoms with van der Waals surface area (Å²) in [5, 5.41) is 1.38. The molecule has 4 heterocycles. The van der Waals surface area contributed by atoms with E-state index in [2.05, 4.69) is 90.0 Å².